The third-order valence-electron chi connectivity index (χ3n) is 2.29. The number of nitrogens with zero attached hydrogens (tertiary/aromatic N) is 1. The van der Waals surface area contributed by atoms with Gasteiger partial charge in [0.05, 0.1) is 13.1 Å². The molecule has 1 nitrogen and oxygen atoms in total. The first kappa shape index (κ1) is 7.64. The molecule has 0 bridgehead atoms. The molecule has 1 heterocycles. The fraction of sp³-hybridized carbons (Fsp3) is 1.00. The Morgan fingerprint density at radius 1 is 1.33 bits per heavy atom. The largest absolute Gasteiger partial charge is 0.301 e. The molecule has 0 aromatic heterocycles. The maximum Gasteiger partial charge on any atom is 0.301 e. The molecule has 0 aromatic rings. The minimum Gasteiger partial charge on any atom is -0.281 e. The van der Waals surface area contributed by atoms with Crippen molar-refractivity contribution in [2.24, 2.45) is 0 Å². The topological polar surface area (TPSA) is 0 Å². The summed E-state index contributed by atoms with van der Waals surface area (Å²) < 4.78 is 0.416. The van der Waals surface area contributed by atoms with Crippen molar-refractivity contribution in [2.45, 2.75) is 18.3 Å². The Morgan fingerprint density at radius 3 is 1.67 bits per heavy atom. The van der Waals surface area contributed by atoms with Crippen molar-refractivity contribution in [2.75, 3.05) is 19.6 Å². The van der Waals surface area contributed by atoms with Crippen molar-refractivity contribution in [3.8, 4) is 0 Å². The molecule has 0 atom stereocenters. The fourth-order valence-electron chi connectivity index (χ4n) is 1.24. The van der Waals surface area contributed by atoms with Gasteiger partial charge in [-0.15, -0.1) is 0 Å². The molecule has 54 valence electrons. The third kappa shape index (κ3) is 0.957. The molecule has 0 amide bonds. The first-order chi connectivity index (χ1) is 4.08. The van der Waals surface area contributed by atoms with Crippen molar-refractivity contribution in [3.05, 3.63) is 0 Å². The minimum atomic E-state index is -0.455. The van der Waals surface area contributed by atoms with Gasteiger partial charge in [-0.1, -0.05) is 0 Å². The van der Waals surface area contributed by atoms with Crippen LogP contribution < -0.4 is 0 Å². The van der Waals surface area contributed by atoms with Gasteiger partial charge in [0, 0.05) is 0 Å². The van der Waals surface area contributed by atoms with Gasteiger partial charge in [0.25, 0.3) is 0 Å². The minimum absolute atomic E-state index is 0.455. The van der Waals surface area contributed by atoms with Crippen LogP contribution in [0.15, 0.2) is 0 Å². The molecular formula is C6H12Cl2N+. The number of alkyl halides is 2. The lowest BCUT2D eigenvalue weighted by atomic mass is 10.6. The first-order valence-corrected chi connectivity index (χ1v) is 4.07. The van der Waals surface area contributed by atoms with E-state index in [9.17, 15) is 0 Å². The summed E-state index contributed by atoms with van der Waals surface area (Å²) in [7, 11) is 0. The Labute approximate surface area is 66.1 Å². The predicted molar refractivity (Wildman–Crippen MR) is 40.6 cm³/mol. The number of halogens is 2. The normalized spacial score (nSPS) is 28.0. The standard InChI is InChI=1S/C6H12Cl2N/c1-3-9(4-2)5-6(9,7)8/h3-5H2,1-2H3/q+1. The molecule has 1 fully saturated rings. The van der Waals surface area contributed by atoms with Crippen LogP contribution in [0.4, 0.5) is 0 Å². The van der Waals surface area contributed by atoms with Crippen molar-refractivity contribution in [1.29, 1.82) is 0 Å². The summed E-state index contributed by atoms with van der Waals surface area (Å²) in [5, 5.41) is 0. The lowest BCUT2D eigenvalue weighted by Gasteiger charge is -2.15. The maximum atomic E-state index is 5.90. The molecule has 3 heteroatoms. The first-order valence-electron chi connectivity index (χ1n) is 3.32. The van der Waals surface area contributed by atoms with E-state index in [-0.39, 0.29) is 0 Å². The second-order valence-corrected chi connectivity index (χ2v) is 4.05. The Bertz CT molecular complexity index is 118. The van der Waals surface area contributed by atoms with Crippen LogP contribution in [0.5, 0.6) is 0 Å². The van der Waals surface area contributed by atoms with Gasteiger partial charge in [0.1, 0.15) is 0 Å². The van der Waals surface area contributed by atoms with Gasteiger partial charge >= 0.3 is 4.46 Å². The fourth-order valence-corrected chi connectivity index (χ4v) is 2.17. The Balaban J connectivity index is 2.57. The Morgan fingerprint density at radius 2 is 1.67 bits per heavy atom. The van der Waals surface area contributed by atoms with Crippen molar-refractivity contribution in [1.82, 2.24) is 0 Å². The number of hydrogen-bond donors (Lipinski definition) is 0. The van der Waals surface area contributed by atoms with Crippen LogP contribution in [0.25, 0.3) is 0 Å². The molecule has 0 saturated carbocycles. The number of rotatable bonds is 2. The SMILES string of the molecule is CC[N+]1(CC)CC1(Cl)Cl. The van der Waals surface area contributed by atoms with Crippen LogP contribution in [0, 0.1) is 0 Å². The highest BCUT2D eigenvalue weighted by Crippen LogP contribution is 2.49. The molecular weight excluding hydrogens is 157 g/mol. The highest BCUT2D eigenvalue weighted by molar-refractivity contribution is 6.48. The summed E-state index contributed by atoms with van der Waals surface area (Å²) in [6, 6.07) is 0. The summed E-state index contributed by atoms with van der Waals surface area (Å²) in [4.78, 5) is 0. The molecule has 9 heavy (non-hydrogen) atoms. The molecule has 1 aliphatic rings. The van der Waals surface area contributed by atoms with E-state index < -0.39 is 4.46 Å². The molecule has 0 aromatic carbocycles. The highest BCUT2D eigenvalue weighted by atomic mass is 35.5. The van der Waals surface area contributed by atoms with Gasteiger partial charge in [0.15, 0.2) is 6.54 Å². The summed E-state index contributed by atoms with van der Waals surface area (Å²) in [5.41, 5.74) is 0. The van der Waals surface area contributed by atoms with E-state index in [4.69, 9.17) is 23.2 Å². The van der Waals surface area contributed by atoms with Gasteiger partial charge in [-0.2, -0.15) is 0 Å². The van der Waals surface area contributed by atoms with Crippen molar-refractivity contribution >= 4 is 23.2 Å². The molecule has 0 unspecified atom stereocenters. The van der Waals surface area contributed by atoms with Crippen LogP contribution in [0.1, 0.15) is 13.8 Å². The zero-order chi connectivity index (χ0) is 7.12. The van der Waals surface area contributed by atoms with E-state index in [1.807, 2.05) is 0 Å². The lowest BCUT2D eigenvalue weighted by molar-refractivity contribution is -0.808. The van der Waals surface area contributed by atoms with E-state index in [2.05, 4.69) is 13.8 Å². The van der Waals surface area contributed by atoms with E-state index in [0.29, 0.717) is 0 Å². The van der Waals surface area contributed by atoms with Crippen molar-refractivity contribution < 1.29 is 4.48 Å². The molecule has 0 aliphatic carbocycles. The second-order valence-electron chi connectivity index (χ2n) is 2.60. The average molecular weight is 169 g/mol. The number of hydrogen-bond acceptors (Lipinski definition) is 0. The van der Waals surface area contributed by atoms with E-state index >= 15 is 0 Å². The monoisotopic (exact) mass is 168 g/mol. The van der Waals surface area contributed by atoms with Gasteiger partial charge in [0.2, 0.25) is 0 Å². The van der Waals surface area contributed by atoms with Crippen LogP contribution in [-0.4, -0.2) is 28.6 Å². The summed E-state index contributed by atoms with van der Waals surface area (Å²) in [6.07, 6.45) is 0. The van der Waals surface area contributed by atoms with Crippen LogP contribution in [-0.2, 0) is 0 Å². The van der Waals surface area contributed by atoms with E-state index in [0.717, 1.165) is 24.1 Å². The summed E-state index contributed by atoms with van der Waals surface area (Å²) in [5.74, 6) is 0. The second kappa shape index (κ2) is 2.01. The molecule has 1 aliphatic heterocycles. The zero-order valence-corrected chi connectivity index (χ0v) is 7.34. The maximum absolute atomic E-state index is 5.90. The van der Waals surface area contributed by atoms with Crippen molar-refractivity contribution in [3.63, 3.8) is 0 Å². The predicted octanol–water partition coefficient (Wildman–Crippen LogP) is 1.99. The smallest absolute Gasteiger partial charge is 0.281 e. The van der Waals surface area contributed by atoms with E-state index in [1.54, 1.807) is 0 Å². The molecule has 1 saturated heterocycles. The zero-order valence-electron chi connectivity index (χ0n) is 5.82. The summed E-state index contributed by atoms with van der Waals surface area (Å²) >= 11 is 11.8. The van der Waals surface area contributed by atoms with Crippen LogP contribution in [0.2, 0.25) is 0 Å². The Kier molecular flexibility index (Phi) is 1.71. The van der Waals surface area contributed by atoms with Gasteiger partial charge in [-0.25, -0.2) is 0 Å². The van der Waals surface area contributed by atoms with E-state index in [1.165, 1.54) is 0 Å². The molecule has 0 N–H and O–H groups in total. The average Bonchev–Trinajstić information content (AvgIpc) is 2.35. The highest BCUT2D eigenvalue weighted by Gasteiger charge is 2.66. The summed E-state index contributed by atoms with van der Waals surface area (Å²) in [6.45, 7) is 7.25. The quantitative estimate of drug-likeness (QED) is 0.256. The van der Waals surface area contributed by atoms with Gasteiger partial charge in [-0.05, 0) is 37.0 Å². The Hall–Kier alpha value is 0.540. The van der Waals surface area contributed by atoms with Gasteiger partial charge in [-0.3, -0.25) is 4.48 Å². The molecule has 0 spiro atoms. The number of likely N-dealkylation sites (N-methyl/N-ethyl adjacent to an activating group) is 1. The third-order valence-corrected chi connectivity index (χ3v) is 3.25. The van der Waals surface area contributed by atoms with Crippen LogP contribution in [0.3, 0.4) is 0 Å². The molecule has 0 radical (unpaired) electrons. The molecule has 1 rings (SSSR count). The van der Waals surface area contributed by atoms with Gasteiger partial charge < -0.3 is 0 Å². The van der Waals surface area contributed by atoms with Crippen LogP contribution >= 0.6 is 23.2 Å². The number of quaternary nitrogens is 1. The lowest BCUT2D eigenvalue weighted by Crippen LogP contribution is -2.29.